The molecular weight excluding hydrogens is 337 g/mol. The molecule has 1 radical (unpaired) electrons. The number of rotatable bonds is 0. The summed E-state index contributed by atoms with van der Waals surface area (Å²) in [7, 11) is 0. The molecule has 8 nitrogen and oxygen atoms in total. The van der Waals surface area contributed by atoms with Crippen LogP contribution in [0.2, 0.25) is 0 Å². The molecule has 85 valence electrons. The van der Waals surface area contributed by atoms with Crippen LogP contribution in [-0.4, -0.2) is 38.7 Å². The Morgan fingerprint density at radius 2 is 1.07 bits per heavy atom. The maximum Gasteiger partial charge on any atom is 0.408 e. The number of nitrogens with zero attached hydrogens (tertiary/aromatic N) is 1. The first kappa shape index (κ1) is 29.2. The van der Waals surface area contributed by atoms with Gasteiger partial charge in [0.2, 0.25) is 0 Å². The molecular formula is C6H11LaNO7. The Bertz CT molecular complexity index is 202. The van der Waals surface area contributed by atoms with E-state index in [0.29, 0.717) is 0 Å². The van der Waals surface area contributed by atoms with Gasteiger partial charge in [-0.05, 0) is 0 Å². The topological polar surface area (TPSA) is 167 Å². The monoisotopic (exact) mass is 348 g/mol. The average molecular weight is 348 g/mol. The molecule has 0 bridgehead atoms. The van der Waals surface area contributed by atoms with E-state index in [4.69, 9.17) is 35.0 Å². The van der Waals surface area contributed by atoms with Crippen LogP contribution in [0, 0.1) is 46.9 Å². The van der Waals surface area contributed by atoms with Gasteiger partial charge in [-0.3, -0.25) is 9.59 Å². The standard InChI is InChI=1S/C2HNO2.2C2H4O2.La.H2O/c3-1-2(4)5;2*1-2(3)4;;/h(H,4,5);2*1H3,(H,3,4);;1H2. The Kier molecular flexibility index (Phi) is 45.1. The van der Waals surface area contributed by atoms with Gasteiger partial charge < -0.3 is 20.8 Å². The quantitative estimate of drug-likeness (QED) is 0.371. The van der Waals surface area contributed by atoms with E-state index in [1.807, 2.05) is 0 Å². The molecule has 0 aliphatic heterocycles. The van der Waals surface area contributed by atoms with Crippen molar-refractivity contribution in [1.82, 2.24) is 0 Å². The maximum absolute atomic E-state index is 9.01. The van der Waals surface area contributed by atoms with Crippen molar-refractivity contribution >= 4 is 17.9 Å². The van der Waals surface area contributed by atoms with Crippen molar-refractivity contribution in [2.24, 2.45) is 0 Å². The van der Waals surface area contributed by atoms with Crippen LogP contribution in [0.1, 0.15) is 13.8 Å². The van der Waals surface area contributed by atoms with Gasteiger partial charge >= 0.3 is 5.97 Å². The molecule has 0 heterocycles. The Hall–Kier alpha value is -0.945. The van der Waals surface area contributed by atoms with Crippen molar-refractivity contribution in [2.75, 3.05) is 0 Å². The zero-order chi connectivity index (χ0) is 11.4. The third kappa shape index (κ3) is 1430. The minimum atomic E-state index is -1.44. The molecule has 0 aliphatic rings. The molecule has 0 saturated carbocycles. The van der Waals surface area contributed by atoms with E-state index in [2.05, 4.69) is 0 Å². The number of carboxylic acids is 3. The first-order valence-electron chi connectivity index (χ1n) is 2.76. The van der Waals surface area contributed by atoms with Crippen molar-refractivity contribution in [1.29, 1.82) is 5.26 Å². The Morgan fingerprint density at radius 1 is 1.00 bits per heavy atom. The summed E-state index contributed by atoms with van der Waals surface area (Å²) in [5.41, 5.74) is 0. The minimum absolute atomic E-state index is 0. The molecule has 0 fully saturated rings. The largest absolute Gasteiger partial charge is 0.481 e. The van der Waals surface area contributed by atoms with E-state index in [-0.39, 0.29) is 41.1 Å². The molecule has 0 spiro atoms. The summed E-state index contributed by atoms with van der Waals surface area (Å²) >= 11 is 0. The fourth-order valence-electron chi connectivity index (χ4n) is 0. The van der Waals surface area contributed by atoms with Crippen molar-refractivity contribution in [3.63, 3.8) is 0 Å². The number of hydrogen-bond donors (Lipinski definition) is 3. The average Bonchev–Trinajstić information content (AvgIpc) is 1.84. The number of carboxylic acid groups (broad SMARTS) is 3. The van der Waals surface area contributed by atoms with E-state index in [9.17, 15) is 0 Å². The molecule has 9 heteroatoms. The van der Waals surface area contributed by atoms with Crippen LogP contribution < -0.4 is 0 Å². The summed E-state index contributed by atoms with van der Waals surface area (Å²) in [5.74, 6) is -3.11. The van der Waals surface area contributed by atoms with Gasteiger partial charge in [-0.2, -0.15) is 5.26 Å². The van der Waals surface area contributed by atoms with Gasteiger partial charge in [-0.25, -0.2) is 4.79 Å². The predicted octanol–water partition coefficient (Wildman–Crippen LogP) is -1.05. The Labute approximate surface area is 113 Å². The van der Waals surface area contributed by atoms with Crippen molar-refractivity contribution < 1.29 is 70.8 Å². The zero-order valence-corrected chi connectivity index (χ0v) is 11.7. The normalized spacial score (nSPS) is 5.13. The molecule has 5 N–H and O–H groups in total. The molecule has 0 amide bonds. The molecule has 0 unspecified atom stereocenters. The van der Waals surface area contributed by atoms with Gasteiger partial charge in [0.1, 0.15) is 0 Å². The van der Waals surface area contributed by atoms with Crippen molar-refractivity contribution in [2.45, 2.75) is 13.8 Å². The van der Waals surface area contributed by atoms with E-state index in [1.165, 1.54) is 0 Å². The second kappa shape index (κ2) is 23.1. The maximum atomic E-state index is 9.01. The molecule has 0 atom stereocenters. The van der Waals surface area contributed by atoms with Gasteiger partial charge in [0, 0.05) is 49.4 Å². The molecule has 0 aromatic carbocycles. The van der Waals surface area contributed by atoms with Crippen LogP contribution in [0.25, 0.3) is 0 Å². The van der Waals surface area contributed by atoms with Gasteiger partial charge in [0.05, 0.1) is 0 Å². The van der Waals surface area contributed by atoms with E-state index in [1.54, 1.807) is 0 Å². The fourth-order valence-corrected chi connectivity index (χ4v) is 0. The van der Waals surface area contributed by atoms with Crippen LogP contribution in [0.5, 0.6) is 0 Å². The molecule has 0 saturated heterocycles. The van der Waals surface area contributed by atoms with Crippen LogP contribution in [-0.2, 0) is 14.4 Å². The first-order valence-corrected chi connectivity index (χ1v) is 2.76. The zero-order valence-electron chi connectivity index (χ0n) is 8.09. The smallest absolute Gasteiger partial charge is 0.408 e. The van der Waals surface area contributed by atoms with Gasteiger partial charge in [-0.15, -0.1) is 0 Å². The second-order valence-corrected chi connectivity index (χ2v) is 1.45. The van der Waals surface area contributed by atoms with Crippen LogP contribution in [0.3, 0.4) is 0 Å². The van der Waals surface area contributed by atoms with Crippen molar-refractivity contribution in [3.05, 3.63) is 0 Å². The molecule has 0 aliphatic carbocycles. The summed E-state index contributed by atoms with van der Waals surface area (Å²) in [6.45, 7) is 2.17. The number of carbonyl (C=O) groups is 3. The number of nitriles is 1. The Balaban J connectivity index is -0.0000000315. The van der Waals surface area contributed by atoms with Gasteiger partial charge in [0.15, 0.2) is 6.07 Å². The first-order chi connectivity index (χ1) is 5.73. The summed E-state index contributed by atoms with van der Waals surface area (Å²) < 4.78 is 0. The summed E-state index contributed by atoms with van der Waals surface area (Å²) in [5, 5.41) is 29.5. The van der Waals surface area contributed by atoms with Crippen molar-refractivity contribution in [3.8, 4) is 6.07 Å². The number of aliphatic carboxylic acids is 3. The fraction of sp³-hybridized carbons (Fsp3) is 0.333. The van der Waals surface area contributed by atoms with Gasteiger partial charge in [-0.1, -0.05) is 0 Å². The molecule has 0 aromatic rings. The van der Waals surface area contributed by atoms with E-state index < -0.39 is 17.9 Å². The minimum Gasteiger partial charge on any atom is -0.481 e. The van der Waals surface area contributed by atoms with E-state index >= 15 is 0 Å². The summed E-state index contributed by atoms with van der Waals surface area (Å²) in [6, 6.07) is 0.944. The molecule has 0 aromatic heterocycles. The predicted molar refractivity (Wildman–Crippen MR) is 43.5 cm³/mol. The van der Waals surface area contributed by atoms with Crippen LogP contribution >= 0.6 is 0 Å². The Morgan fingerprint density at radius 3 is 1.07 bits per heavy atom. The van der Waals surface area contributed by atoms with Crippen LogP contribution in [0.15, 0.2) is 0 Å². The molecule has 15 heavy (non-hydrogen) atoms. The third-order valence-electron chi connectivity index (χ3n) is 0.0956. The summed E-state index contributed by atoms with van der Waals surface area (Å²) in [4.78, 5) is 27.0. The van der Waals surface area contributed by atoms with Crippen LogP contribution in [0.4, 0.5) is 0 Å². The third-order valence-corrected chi connectivity index (χ3v) is 0.0956. The SMILES string of the molecule is CC(=O)O.CC(=O)O.N#CC(=O)O.O.[La]. The molecule has 0 rings (SSSR count). The number of hydrogen-bond acceptors (Lipinski definition) is 4. The summed E-state index contributed by atoms with van der Waals surface area (Å²) in [6.07, 6.45) is 0. The van der Waals surface area contributed by atoms with Gasteiger partial charge in [0.25, 0.3) is 11.9 Å². The van der Waals surface area contributed by atoms with E-state index in [0.717, 1.165) is 19.9 Å². The second-order valence-electron chi connectivity index (χ2n) is 1.45.